The van der Waals surface area contributed by atoms with Gasteiger partial charge in [-0.15, -0.1) is 0 Å². The van der Waals surface area contributed by atoms with Crippen LogP contribution >= 0.6 is 0 Å². The van der Waals surface area contributed by atoms with Gasteiger partial charge in [-0.05, 0) is 42.5 Å². The molecule has 0 aliphatic heterocycles. The molecule has 0 radical (unpaired) electrons. The zero-order chi connectivity index (χ0) is 19.9. The third kappa shape index (κ3) is 4.73. The number of carbonyl (C=O) groups is 2. The maximum atomic E-state index is 13.1. The summed E-state index contributed by atoms with van der Waals surface area (Å²) in [6.45, 7) is 0.260. The molecular formula is C20H20N2O6. The lowest BCUT2D eigenvalue weighted by atomic mass is 10.1. The zero-order valence-corrected chi connectivity index (χ0v) is 15.3. The molecule has 0 aliphatic rings. The predicted octanol–water partition coefficient (Wildman–Crippen LogP) is 2.59. The number of carbonyl (C=O) groups excluding carboxylic acids is 2. The van der Waals surface area contributed by atoms with E-state index in [4.69, 9.17) is 24.0 Å². The first kappa shape index (κ1) is 19.1. The maximum Gasteiger partial charge on any atom is 0.255 e. The molecule has 0 aliphatic carbocycles. The molecule has 0 saturated heterocycles. The Morgan fingerprint density at radius 2 is 1.64 bits per heavy atom. The first-order valence-corrected chi connectivity index (χ1v) is 8.50. The summed E-state index contributed by atoms with van der Waals surface area (Å²) in [6.07, 6.45) is 3.11. The molecule has 3 aromatic rings. The third-order valence-electron chi connectivity index (χ3n) is 3.92. The second-order valence-corrected chi connectivity index (χ2v) is 5.94. The smallest absolute Gasteiger partial charge is 0.255 e. The molecule has 28 heavy (non-hydrogen) atoms. The van der Waals surface area contributed by atoms with Crippen LogP contribution in [0.4, 0.5) is 0 Å². The average molecular weight is 384 g/mol. The molecule has 2 amide bonds. The van der Waals surface area contributed by atoms with Gasteiger partial charge in [0.15, 0.2) is 18.1 Å². The molecule has 0 unspecified atom stereocenters. The lowest BCUT2D eigenvalue weighted by Gasteiger charge is -2.21. The number of nitrogens with two attached hydrogens (primary N) is 1. The van der Waals surface area contributed by atoms with Crippen molar-refractivity contribution in [3.63, 3.8) is 0 Å². The van der Waals surface area contributed by atoms with Crippen LogP contribution in [0, 0.1) is 0 Å². The van der Waals surface area contributed by atoms with Gasteiger partial charge in [-0.25, -0.2) is 0 Å². The van der Waals surface area contributed by atoms with E-state index < -0.39 is 5.91 Å². The van der Waals surface area contributed by atoms with Crippen LogP contribution in [-0.2, 0) is 17.9 Å². The Labute approximate surface area is 161 Å². The van der Waals surface area contributed by atoms with Crippen LogP contribution in [0.1, 0.15) is 21.9 Å². The van der Waals surface area contributed by atoms with E-state index in [0.717, 1.165) is 0 Å². The van der Waals surface area contributed by atoms with Gasteiger partial charge in [0.2, 0.25) is 0 Å². The standard InChI is InChI=1S/C20H20N2O6/c1-25-18-10-14(6-7-17(18)28-13-19(21)23)20(24)22(11-15-4-2-8-26-15)12-16-5-3-9-27-16/h2-10H,11-13H2,1H3,(H2,21,23). The topological polar surface area (TPSA) is 108 Å². The average Bonchev–Trinajstić information content (AvgIpc) is 3.39. The van der Waals surface area contributed by atoms with E-state index in [9.17, 15) is 9.59 Å². The van der Waals surface area contributed by atoms with Gasteiger partial charge in [-0.3, -0.25) is 9.59 Å². The highest BCUT2D eigenvalue weighted by Crippen LogP contribution is 2.29. The molecule has 0 saturated carbocycles. The quantitative estimate of drug-likeness (QED) is 0.607. The largest absolute Gasteiger partial charge is 0.493 e. The molecule has 3 rings (SSSR count). The van der Waals surface area contributed by atoms with Crippen molar-refractivity contribution < 1.29 is 27.9 Å². The molecule has 0 fully saturated rings. The van der Waals surface area contributed by atoms with E-state index in [-0.39, 0.29) is 25.6 Å². The van der Waals surface area contributed by atoms with Crippen molar-refractivity contribution in [1.29, 1.82) is 0 Å². The lowest BCUT2D eigenvalue weighted by Crippen LogP contribution is -2.30. The normalized spacial score (nSPS) is 10.5. The molecule has 0 spiro atoms. The highest BCUT2D eigenvalue weighted by molar-refractivity contribution is 5.94. The summed E-state index contributed by atoms with van der Waals surface area (Å²) in [4.78, 5) is 25.6. The summed E-state index contributed by atoms with van der Waals surface area (Å²) >= 11 is 0. The van der Waals surface area contributed by atoms with Crippen molar-refractivity contribution in [2.75, 3.05) is 13.7 Å². The number of nitrogens with zero attached hydrogens (tertiary/aromatic N) is 1. The third-order valence-corrected chi connectivity index (χ3v) is 3.92. The van der Waals surface area contributed by atoms with Crippen LogP contribution in [0.15, 0.2) is 63.8 Å². The Morgan fingerprint density at radius 1 is 1.00 bits per heavy atom. The van der Waals surface area contributed by atoms with Crippen molar-refractivity contribution in [1.82, 2.24) is 4.90 Å². The van der Waals surface area contributed by atoms with Crippen LogP contribution < -0.4 is 15.2 Å². The Kier molecular flexibility index (Phi) is 6.01. The first-order valence-electron chi connectivity index (χ1n) is 8.50. The molecule has 2 aromatic heterocycles. The van der Waals surface area contributed by atoms with Gasteiger partial charge in [0.1, 0.15) is 11.5 Å². The molecule has 0 bridgehead atoms. The van der Waals surface area contributed by atoms with Gasteiger partial charge < -0.3 is 28.9 Å². The van der Waals surface area contributed by atoms with Crippen LogP contribution in [-0.4, -0.2) is 30.4 Å². The van der Waals surface area contributed by atoms with Crippen LogP contribution in [0.5, 0.6) is 11.5 Å². The zero-order valence-electron chi connectivity index (χ0n) is 15.3. The number of hydrogen-bond acceptors (Lipinski definition) is 6. The van der Waals surface area contributed by atoms with Crippen LogP contribution in [0.25, 0.3) is 0 Å². The molecule has 0 atom stereocenters. The highest BCUT2D eigenvalue weighted by Gasteiger charge is 2.20. The minimum atomic E-state index is -0.606. The number of rotatable bonds is 9. The van der Waals surface area contributed by atoms with Crippen molar-refractivity contribution in [3.05, 3.63) is 72.1 Å². The number of amides is 2. The summed E-state index contributed by atoms with van der Waals surface area (Å²) in [6, 6.07) is 11.8. The summed E-state index contributed by atoms with van der Waals surface area (Å²) in [5.74, 6) is 1.09. The minimum Gasteiger partial charge on any atom is -0.493 e. The van der Waals surface area contributed by atoms with Crippen LogP contribution in [0.3, 0.4) is 0 Å². The highest BCUT2D eigenvalue weighted by atomic mass is 16.5. The Balaban J connectivity index is 1.83. The number of primary amides is 1. The van der Waals surface area contributed by atoms with Crippen molar-refractivity contribution in [2.45, 2.75) is 13.1 Å². The fraction of sp³-hybridized carbons (Fsp3) is 0.200. The van der Waals surface area contributed by atoms with E-state index in [1.165, 1.54) is 7.11 Å². The second-order valence-electron chi connectivity index (χ2n) is 5.94. The number of ether oxygens (including phenoxy) is 2. The van der Waals surface area contributed by atoms with Gasteiger partial charge in [0, 0.05) is 5.56 Å². The van der Waals surface area contributed by atoms with Crippen molar-refractivity contribution in [3.8, 4) is 11.5 Å². The monoisotopic (exact) mass is 384 g/mol. The van der Waals surface area contributed by atoms with E-state index in [1.54, 1.807) is 59.9 Å². The van der Waals surface area contributed by atoms with Gasteiger partial charge in [0.05, 0.1) is 32.7 Å². The van der Waals surface area contributed by atoms with E-state index >= 15 is 0 Å². The molecule has 8 heteroatoms. The molecule has 2 N–H and O–H groups in total. The molecule has 8 nitrogen and oxygen atoms in total. The van der Waals surface area contributed by atoms with Gasteiger partial charge >= 0.3 is 0 Å². The molecule has 1 aromatic carbocycles. The van der Waals surface area contributed by atoms with Gasteiger partial charge in [-0.2, -0.15) is 0 Å². The van der Waals surface area contributed by atoms with Crippen LogP contribution in [0.2, 0.25) is 0 Å². The van der Waals surface area contributed by atoms with E-state index in [1.807, 2.05) is 0 Å². The summed E-state index contributed by atoms with van der Waals surface area (Å²) in [5, 5.41) is 0. The fourth-order valence-corrected chi connectivity index (χ4v) is 2.63. The summed E-state index contributed by atoms with van der Waals surface area (Å²) in [7, 11) is 1.45. The Morgan fingerprint density at radius 3 is 2.14 bits per heavy atom. The fourth-order valence-electron chi connectivity index (χ4n) is 2.63. The number of furan rings is 2. The first-order chi connectivity index (χ1) is 13.6. The molecular weight excluding hydrogens is 364 g/mol. The number of hydrogen-bond donors (Lipinski definition) is 1. The second kappa shape index (κ2) is 8.81. The van der Waals surface area contributed by atoms with Crippen molar-refractivity contribution >= 4 is 11.8 Å². The van der Waals surface area contributed by atoms with E-state index in [0.29, 0.717) is 28.6 Å². The molecule has 2 heterocycles. The van der Waals surface area contributed by atoms with E-state index in [2.05, 4.69) is 0 Å². The SMILES string of the molecule is COc1cc(C(=O)N(Cc2ccco2)Cc2ccco2)ccc1OCC(N)=O. The van der Waals surface area contributed by atoms with Gasteiger partial charge in [-0.1, -0.05) is 0 Å². The number of benzene rings is 1. The predicted molar refractivity (Wildman–Crippen MR) is 98.7 cm³/mol. The summed E-state index contributed by atoms with van der Waals surface area (Å²) < 4.78 is 21.3. The molecule has 146 valence electrons. The van der Waals surface area contributed by atoms with Crippen molar-refractivity contribution in [2.24, 2.45) is 5.73 Å². The minimum absolute atomic E-state index is 0.243. The van der Waals surface area contributed by atoms with Gasteiger partial charge in [0.25, 0.3) is 11.8 Å². The lowest BCUT2D eigenvalue weighted by molar-refractivity contribution is -0.119. The number of methoxy groups -OCH3 is 1. The Hall–Kier alpha value is -3.68. The maximum absolute atomic E-state index is 13.1. The Bertz CT molecular complexity index is 882. The summed E-state index contributed by atoms with van der Waals surface area (Å²) in [5.41, 5.74) is 5.49.